The van der Waals surface area contributed by atoms with E-state index < -0.39 is 35.2 Å². The normalized spacial score (nSPS) is 32.1. The Morgan fingerprint density at radius 3 is 1.76 bits per heavy atom. The first-order valence-electron chi connectivity index (χ1n) is 6.76. The fourth-order valence-electron chi connectivity index (χ4n) is 3.38. The van der Waals surface area contributed by atoms with E-state index in [1.54, 1.807) is 20.8 Å². The third-order valence-electron chi connectivity index (χ3n) is 4.90. The highest BCUT2D eigenvalue weighted by Gasteiger charge is 2.74. The van der Waals surface area contributed by atoms with Crippen LogP contribution in [-0.2, 0) is 9.59 Å². The Morgan fingerprint density at radius 2 is 1.38 bits per heavy atom. The molecule has 6 amide bonds. The van der Waals surface area contributed by atoms with E-state index >= 15 is 0 Å². The van der Waals surface area contributed by atoms with Crippen LogP contribution >= 0.6 is 0 Å². The van der Waals surface area contributed by atoms with Gasteiger partial charge in [0.1, 0.15) is 0 Å². The lowest BCUT2D eigenvalue weighted by Crippen LogP contribution is -2.65. The molecule has 0 bridgehead atoms. The summed E-state index contributed by atoms with van der Waals surface area (Å²) in [6, 6.07) is -1.04. The van der Waals surface area contributed by atoms with Crippen molar-refractivity contribution >= 4 is 23.9 Å². The molecule has 116 valence electrons. The second-order valence-corrected chi connectivity index (χ2v) is 5.66. The van der Waals surface area contributed by atoms with Crippen LogP contribution in [0.4, 0.5) is 9.59 Å². The fourth-order valence-corrected chi connectivity index (χ4v) is 3.38. The Balaban J connectivity index is 2.75. The summed E-state index contributed by atoms with van der Waals surface area (Å²) in [7, 11) is 3.05. The topological polar surface area (TPSA) is 81.2 Å². The lowest BCUT2D eigenvalue weighted by molar-refractivity contribution is -0.145. The molecule has 0 aromatic heterocycles. The van der Waals surface area contributed by atoms with Crippen LogP contribution < -0.4 is 0 Å². The molecule has 8 heteroatoms. The lowest BCUT2D eigenvalue weighted by atomic mass is 9.95. The van der Waals surface area contributed by atoms with Crippen LogP contribution in [0.5, 0.6) is 0 Å². The van der Waals surface area contributed by atoms with Gasteiger partial charge in [0.05, 0.1) is 0 Å². The molecule has 0 aromatic rings. The van der Waals surface area contributed by atoms with Crippen LogP contribution in [0, 0.1) is 0 Å². The van der Waals surface area contributed by atoms with Gasteiger partial charge in [-0.3, -0.25) is 9.59 Å². The molecule has 0 saturated carbocycles. The van der Waals surface area contributed by atoms with Crippen molar-refractivity contribution in [2.75, 3.05) is 14.1 Å². The number of carbonyl (C=O) groups is 4. The van der Waals surface area contributed by atoms with E-state index in [0.29, 0.717) is 0 Å². The Morgan fingerprint density at radius 1 is 0.952 bits per heavy atom. The third kappa shape index (κ3) is 1.39. The van der Waals surface area contributed by atoms with Crippen molar-refractivity contribution in [3.05, 3.63) is 0 Å². The van der Waals surface area contributed by atoms with Crippen LogP contribution in [-0.4, -0.2) is 68.9 Å². The molecule has 2 fully saturated rings. The predicted molar refractivity (Wildman–Crippen MR) is 72.8 cm³/mol. The molecule has 0 aromatic carbocycles. The van der Waals surface area contributed by atoms with E-state index in [2.05, 4.69) is 0 Å². The molecule has 2 heterocycles. The monoisotopic (exact) mass is 296 g/mol. The van der Waals surface area contributed by atoms with Gasteiger partial charge in [0.2, 0.25) is 11.8 Å². The largest absolute Gasteiger partial charge is 0.330 e. The molecule has 21 heavy (non-hydrogen) atoms. The van der Waals surface area contributed by atoms with Gasteiger partial charge in [-0.15, -0.1) is 0 Å². The summed E-state index contributed by atoms with van der Waals surface area (Å²) >= 11 is 0. The summed E-state index contributed by atoms with van der Waals surface area (Å²) in [5, 5.41) is 0. The fraction of sp³-hybridized carbons (Fsp3) is 0.692. The average molecular weight is 296 g/mol. The van der Waals surface area contributed by atoms with Crippen LogP contribution in [0.3, 0.4) is 0 Å². The van der Waals surface area contributed by atoms with Crippen LogP contribution in [0.2, 0.25) is 0 Å². The molecule has 2 saturated heterocycles. The van der Waals surface area contributed by atoms with Gasteiger partial charge in [-0.05, 0) is 13.8 Å². The zero-order valence-corrected chi connectivity index (χ0v) is 13.1. The van der Waals surface area contributed by atoms with E-state index in [1.807, 2.05) is 0 Å². The lowest BCUT2D eigenvalue weighted by Gasteiger charge is -2.42. The molecule has 0 N–H and O–H groups in total. The number of likely N-dealkylation sites (N-methyl/N-ethyl adjacent to an activating group) is 2. The zero-order chi connectivity index (χ0) is 16.3. The van der Waals surface area contributed by atoms with Crippen LogP contribution in [0.25, 0.3) is 0 Å². The highest BCUT2D eigenvalue weighted by atomic mass is 16.2. The van der Waals surface area contributed by atoms with Gasteiger partial charge >= 0.3 is 12.1 Å². The predicted octanol–water partition coefficient (Wildman–Crippen LogP) is 0.637. The van der Waals surface area contributed by atoms with Crippen molar-refractivity contribution in [2.45, 2.75) is 45.4 Å². The quantitative estimate of drug-likeness (QED) is 0.711. The summed E-state index contributed by atoms with van der Waals surface area (Å²) in [5.74, 6) is -0.928. The maximum atomic E-state index is 12.5. The number of hydrogen-bond acceptors (Lipinski definition) is 4. The number of imide groups is 2. The first-order chi connectivity index (χ1) is 9.56. The van der Waals surface area contributed by atoms with Gasteiger partial charge in [-0.2, -0.15) is 0 Å². The molecule has 2 aliphatic heterocycles. The van der Waals surface area contributed by atoms with Crippen molar-refractivity contribution in [2.24, 2.45) is 0 Å². The summed E-state index contributed by atoms with van der Waals surface area (Å²) in [6.45, 7) is 6.13. The van der Waals surface area contributed by atoms with E-state index in [0.717, 1.165) is 9.80 Å². The van der Waals surface area contributed by atoms with Gasteiger partial charge in [-0.1, -0.05) is 6.92 Å². The molecule has 8 nitrogen and oxygen atoms in total. The Hall–Kier alpha value is -2.12. The second-order valence-electron chi connectivity index (χ2n) is 5.66. The Labute approximate surface area is 123 Å². The number of rotatable bonds is 1. The SMILES string of the molecule is CCC(=O)N1C(=O)N(C)[C@@]2(C)N(C)C(=O)N(C(C)=O)[C@@]12C. The molecule has 2 atom stereocenters. The molecular formula is C13H20N4O4. The summed E-state index contributed by atoms with van der Waals surface area (Å²) < 4.78 is 0. The zero-order valence-electron chi connectivity index (χ0n) is 13.1. The average Bonchev–Trinajstić information content (AvgIpc) is 2.66. The molecule has 0 unspecified atom stereocenters. The van der Waals surface area contributed by atoms with Gasteiger partial charge in [0, 0.05) is 27.4 Å². The minimum atomic E-state index is -1.37. The number of urea groups is 2. The summed E-state index contributed by atoms with van der Waals surface area (Å²) in [6.07, 6.45) is 0.106. The van der Waals surface area contributed by atoms with Gasteiger partial charge in [-0.25, -0.2) is 19.4 Å². The second kappa shape index (κ2) is 4.19. The molecule has 2 rings (SSSR count). The number of fused-ring (bicyclic) bond motifs is 1. The highest BCUT2D eigenvalue weighted by Crippen LogP contribution is 2.50. The van der Waals surface area contributed by atoms with Crippen molar-refractivity contribution < 1.29 is 19.2 Å². The van der Waals surface area contributed by atoms with E-state index in [9.17, 15) is 19.2 Å². The van der Waals surface area contributed by atoms with Crippen LogP contribution in [0.15, 0.2) is 0 Å². The van der Waals surface area contributed by atoms with Crippen molar-refractivity contribution in [1.29, 1.82) is 0 Å². The van der Waals surface area contributed by atoms with Gasteiger partial charge in [0.25, 0.3) is 0 Å². The van der Waals surface area contributed by atoms with Crippen molar-refractivity contribution in [3.8, 4) is 0 Å². The smallest absolute Gasteiger partial charge is 0.300 e. The number of carbonyl (C=O) groups excluding carboxylic acids is 4. The molecular weight excluding hydrogens is 276 g/mol. The number of hydrogen-bond donors (Lipinski definition) is 0. The minimum absolute atomic E-state index is 0.106. The molecule has 0 aliphatic carbocycles. The van der Waals surface area contributed by atoms with Crippen LogP contribution in [0.1, 0.15) is 34.1 Å². The van der Waals surface area contributed by atoms with Crippen molar-refractivity contribution in [1.82, 2.24) is 19.6 Å². The van der Waals surface area contributed by atoms with E-state index in [-0.39, 0.29) is 6.42 Å². The maximum absolute atomic E-state index is 12.5. The van der Waals surface area contributed by atoms with Gasteiger partial charge in [0.15, 0.2) is 11.3 Å². The Bertz CT molecular complexity index is 562. The van der Waals surface area contributed by atoms with Crippen molar-refractivity contribution in [3.63, 3.8) is 0 Å². The standard InChI is InChI=1S/C13H20N4O4/c1-7-9(19)17-11(21)15(6)12(3)13(17,4)16(8(2)18)10(20)14(12)5/h7H2,1-6H3/t12-,13+/m1/s1. The summed E-state index contributed by atoms with van der Waals surface area (Å²) in [4.78, 5) is 53.8. The van der Waals surface area contributed by atoms with E-state index in [1.165, 1.54) is 30.8 Å². The summed E-state index contributed by atoms with van der Waals surface area (Å²) in [5.41, 5.74) is -2.48. The molecule has 0 spiro atoms. The molecule has 0 radical (unpaired) electrons. The first kappa shape index (κ1) is 15.3. The minimum Gasteiger partial charge on any atom is -0.300 e. The maximum Gasteiger partial charge on any atom is 0.330 e. The third-order valence-corrected chi connectivity index (χ3v) is 4.90. The van der Waals surface area contributed by atoms with E-state index in [4.69, 9.17) is 0 Å². The number of nitrogens with zero attached hydrogens (tertiary/aromatic N) is 4. The first-order valence-corrected chi connectivity index (χ1v) is 6.76. The highest BCUT2D eigenvalue weighted by molar-refractivity contribution is 6.04. The number of amides is 6. The molecule has 2 aliphatic rings. The van der Waals surface area contributed by atoms with Gasteiger partial charge < -0.3 is 9.80 Å². The Kier molecular flexibility index (Phi) is 3.05.